The van der Waals surface area contributed by atoms with E-state index in [1.54, 1.807) is 0 Å². The largest absolute Gasteiger partial charge is 0.397 e. The average molecular weight is 573 g/mol. The fourth-order valence-electron chi connectivity index (χ4n) is 9.79. The molecule has 2 aliphatic heterocycles. The lowest BCUT2D eigenvalue weighted by Gasteiger charge is -2.54. The number of fused-ring (bicyclic) bond motifs is 5. The van der Waals surface area contributed by atoms with Crippen molar-refractivity contribution in [2.75, 3.05) is 61.3 Å². The van der Waals surface area contributed by atoms with E-state index in [9.17, 15) is 14.7 Å². The summed E-state index contributed by atoms with van der Waals surface area (Å²) in [6, 6.07) is 6.41. The highest BCUT2D eigenvalue weighted by atomic mass is 16.3. The van der Waals surface area contributed by atoms with Crippen molar-refractivity contribution in [3.8, 4) is 0 Å². The van der Waals surface area contributed by atoms with Gasteiger partial charge in [0.2, 0.25) is 0 Å². The molecule has 2 saturated heterocycles. The summed E-state index contributed by atoms with van der Waals surface area (Å²) in [6.07, 6.45) is 12.5. The zero-order chi connectivity index (χ0) is 29.3. The van der Waals surface area contributed by atoms with Gasteiger partial charge in [-0.1, -0.05) is 31.1 Å². The van der Waals surface area contributed by atoms with E-state index in [0.29, 0.717) is 31.2 Å². The molecule has 7 rings (SSSR count). The lowest BCUT2D eigenvalue weighted by Crippen LogP contribution is -2.58. The molecule has 2 heterocycles. The van der Waals surface area contributed by atoms with E-state index < -0.39 is 11.0 Å². The van der Waals surface area contributed by atoms with Crippen LogP contribution in [-0.2, 0) is 9.59 Å². The molecule has 42 heavy (non-hydrogen) atoms. The van der Waals surface area contributed by atoms with Gasteiger partial charge in [0.1, 0.15) is 5.60 Å². The smallest absolute Gasteiger partial charge is 0.178 e. The van der Waals surface area contributed by atoms with Crippen LogP contribution >= 0.6 is 0 Å². The first kappa shape index (κ1) is 28.1. The van der Waals surface area contributed by atoms with Crippen molar-refractivity contribution in [1.29, 1.82) is 0 Å². The third-order valence-electron chi connectivity index (χ3n) is 12.5. The molecule has 6 aliphatic rings. The number of anilines is 3. The van der Waals surface area contributed by atoms with E-state index in [1.165, 1.54) is 29.7 Å². The molecule has 3 N–H and O–H groups in total. The molecule has 0 unspecified atom stereocenters. The Bertz CT molecular complexity index is 1340. The van der Waals surface area contributed by atoms with Gasteiger partial charge < -0.3 is 20.6 Å². The van der Waals surface area contributed by atoms with Gasteiger partial charge in [-0.25, -0.2) is 0 Å². The van der Waals surface area contributed by atoms with E-state index in [-0.39, 0.29) is 17.0 Å². The Morgan fingerprint density at radius 1 is 1.00 bits per heavy atom. The van der Waals surface area contributed by atoms with Crippen LogP contribution in [0.5, 0.6) is 0 Å². The van der Waals surface area contributed by atoms with Crippen molar-refractivity contribution in [1.82, 2.24) is 4.90 Å². The molecule has 5 atom stereocenters. The zero-order valence-electron chi connectivity index (χ0n) is 25.5. The van der Waals surface area contributed by atoms with Crippen molar-refractivity contribution in [3.63, 3.8) is 0 Å². The second-order valence-corrected chi connectivity index (χ2v) is 14.5. The Morgan fingerprint density at radius 3 is 2.52 bits per heavy atom. The number of rotatable bonds is 5. The Balaban J connectivity index is 1.03. The number of aliphatic hydroxyl groups is 1. The number of nitrogens with zero attached hydrogens (tertiary/aromatic N) is 3. The third kappa shape index (κ3) is 4.29. The van der Waals surface area contributed by atoms with Crippen LogP contribution in [0.3, 0.4) is 0 Å². The van der Waals surface area contributed by atoms with Crippen LogP contribution < -0.4 is 15.5 Å². The van der Waals surface area contributed by atoms with Gasteiger partial charge in [-0.3, -0.25) is 14.5 Å². The zero-order valence-corrected chi connectivity index (χ0v) is 25.5. The number of nitrogen functional groups attached to an aromatic ring is 1. The normalized spacial score (nSPS) is 36.7. The van der Waals surface area contributed by atoms with Gasteiger partial charge in [-0.15, -0.1) is 0 Å². The summed E-state index contributed by atoms with van der Waals surface area (Å²) in [5.74, 6) is 0.971. The molecule has 1 aromatic carbocycles. The molecule has 0 radical (unpaired) electrons. The number of hydrogen-bond donors (Lipinski definition) is 2. The number of benzene rings is 1. The maximum atomic E-state index is 14.0. The number of hydrogen-bond acceptors (Lipinski definition) is 7. The minimum atomic E-state index is -1.29. The summed E-state index contributed by atoms with van der Waals surface area (Å²) in [4.78, 5) is 33.2. The predicted octanol–water partition coefficient (Wildman–Crippen LogP) is 4.74. The number of carbonyl (C=O) groups is 2. The third-order valence-corrected chi connectivity index (χ3v) is 12.5. The molecule has 4 aliphatic carbocycles. The summed E-state index contributed by atoms with van der Waals surface area (Å²) in [5, 5.41) is 12.2. The quantitative estimate of drug-likeness (QED) is 0.389. The Kier molecular flexibility index (Phi) is 6.85. The minimum Gasteiger partial charge on any atom is -0.397 e. The van der Waals surface area contributed by atoms with E-state index in [0.717, 1.165) is 82.7 Å². The number of piperazine rings is 1. The van der Waals surface area contributed by atoms with Gasteiger partial charge in [0, 0.05) is 62.2 Å². The van der Waals surface area contributed by atoms with E-state index in [4.69, 9.17) is 5.73 Å². The molecular formula is C35H48N4O3. The van der Waals surface area contributed by atoms with Crippen molar-refractivity contribution in [2.45, 2.75) is 77.2 Å². The highest BCUT2D eigenvalue weighted by Crippen LogP contribution is 2.65. The van der Waals surface area contributed by atoms with Crippen LogP contribution in [0.25, 0.3) is 0 Å². The van der Waals surface area contributed by atoms with Crippen LogP contribution in [0.2, 0.25) is 0 Å². The van der Waals surface area contributed by atoms with Gasteiger partial charge in [0.15, 0.2) is 11.6 Å². The maximum absolute atomic E-state index is 14.0. The molecule has 2 saturated carbocycles. The Hall–Kier alpha value is -2.64. The fraction of sp³-hybridized carbons (Fsp3) is 0.657. The van der Waals surface area contributed by atoms with E-state index in [1.807, 2.05) is 12.1 Å². The number of Topliss-reactive ketones (excluding diaryl/α,β-unsaturated/α-hetero) is 1. The molecule has 0 aromatic heterocycles. The lowest BCUT2D eigenvalue weighted by molar-refractivity contribution is -0.154. The molecule has 1 aromatic rings. The Morgan fingerprint density at radius 2 is 1.76 bits per heavy atom. The first-order valence-electron chi connectivity index (χ1n) is 16.4. The first-order chi connectivity index (χ1) is 20.1. The molecule has 0 amide bonds. The van der Waals surface area contributed by atoms with Crippen molar-refractivity contribution < 1.29 is 14.7 Å². The fourth-order valence-corrected chi connectivity index (χ4v) is 9.79. The van der Waals surface area contributed by atoms with Gasteiger partial charge in [0.05, 0.1) is 17.9 Å². The molecule has 7 nitrogen and oxygen atoms in total. The topological polar surface area (TPSA) is 90.1 Å². The van der Waals surface area contributed by atoms with Gasteiger partial charge in [-0.2, -0.15) is 0 Å². The second-order valence-electron chi connectivity index (χ2n) is 14.5. The van der Waals surface area contributed by atoms with E-state index >= 15 is 0 Å². The number of allylic oxidation sites excluding steroid dienone is 4. The lowest BCUT2D eigenvalue weighted by atomic mass is 9.50. The summed E-state index contributed by atoms with van der Waals surface area (Å²) < 4.78 is 0. The van der Waals surface area contributed by atoms with Gasteiger partial charge >= 0.3 is 0 Å². The molecule has 226 valence electrons. The summed E-state index contributed by atoms with van der Waals surface area (Å²) in [6.45, 7) is 10.3. The monoisotopic (exact) mass is 572 g/mol. The van der Waals surface area contributed by atoms with Gasteiger partial charge in [0.25, 0.3) is 0 Å². The first-order valence-corrected chi connectivity index (χ1v) is 16.4. The molecule has 4 fully saturated rings. The number of nitrogens with two attached hydrogens (primary N) is 1. The van der Waals surface area contributed by atoms with Crippen molar-refractivity contribution in [3.05, 3.63) is 41.5 Å². The summed E-state index contributed by atoms with van der Waals surface area (Å²) in [5.41, 5.74) is 10.6. The van der Waals surface area contributed by atoms with Crippen LogP contribution in [0, 0.1) is 22.7 Å². The minimum absolute atomic E-state index is 0.000728. The standard InChI is InChI=1S/C35H48N4O3/c1-33-12-9-26(40)21-24(33)5-7-27-28(33)10-13-34(2)29(27)11-14-35(34,42)32(41)23-37-17-19-39(20-18-37)31-22-25(6-8-30(31)36)38-15-3-4-16-38/h6,8,10,21-22,27,29,42H,3-5,7,9,11-20,23,36H2,1-2H3/t27-,29+,33+,34+,35+/m1/s1. The van der Waals surface area contributed by atoms with Crippen LogP contribution in [0.1, 0.15) is 71.6 Å². The predicted molar refractivity (Wildman–Crippen MR) is 168 cm³/mol. The SMILES string of the molecule is C[C@]12CCC(=O)C=C1CC[C@@H]1C2=CC[C@@]2(C)[C@H]1CC[C@]2(O)C(=O)CN1CCN(c2cc(N3CCCC3)ccc2N)CC1. The van der Waals surface area contributed by atoms with Crippen LogP contribution in [0.4, 0.5) is 17.1 Å². The molecule has 7 heteroatoms. The highest BCUT2D eigenvalue weighted by Gasteiger charge is 2.64. The highest BCUT2D eigenvalue weighted by molar-refractivity contribution is 5.92. The Labute approximate surface area is 250 Å². The summed E-state index contributed by atoms with van der Waals surface area (Å²) >= 11 is 0. The maximum Gasteiger partial charge on any atom is 0.178 e. The molecule has 0 bridgehead atoms. The molecular weight excluding hydrogens is 524 g/mol. The summed E-state index contributed by atoms with van der Waals surface area (Å²) in [7, 11) is 0. The van der Waals surface area contributed by atoms with Crippen molar-refractivity contribution in [2.24, 2.45) is 22.7 Å². The molecule has 0 spiro atoms. The van der Waals surface area contributed by atoms with E-state index in [2.05, 4.69) is 46.8 Å². The number of ketones is 2. The van der Waals surface area contributed by atoms with Gasteiger partial charge in [-0.05, 0) is 87.5 Å². The van der Waals surface area contributed by atoms with Crippen LogP contribution in [-0.4, -0.2) is 73.0 Å². The average Bonchev–Trinajstić information content (AvgIpc) is 3.61. The number of carbonyl (C=O) groups excluding carboxylic acids is 2. The second kappa shape index (κ2) is 10.2. The van der Waals surface area contributed by atoms with Crippen LogP contribution in [0.15, 0.2) is 41.5 Å². The van der Waals surface area contributed by atoms with Crippen molar-refractivity contribution >= 4 is 28.6 Å².